The van der Waals surface area contributed by atoms with Gasteiger partial charge < -0.3 is 10.5 Å². The molecule has 0 amide bonds. The number of halogens is 2. The number of aryl methyl sites for hydroxylation is 1. The van der Waals surface area contributed by atoms with Crippen LogP contribution in [0, 0.1) is 12.3 Å². The largest absolute Gasteiger partial charge is 0.455 e. The highest BCUT2D eigenvalue weighted by Gasteiger charge is 2.12. The van der Waals surface area contributed by atoms with Crippen molar-refractivity contribution in [1.29, 1.82) is 5.41 Å². The van der Waals surface area contributed by atoms with E-state index in [9.17, 15) is 0 Å². The van der Waals surface area contributed by atoms with Crippen LogP contribution in [-0.2, 0) is 0 Å². The summed E-state index contributed by atoms with van der Waals surface area (Å²) in [5, 5.41) is 8.09. The molecular weight excluding hydrogens is 328 g/mol. The minimum absolute atomic E-state index is 0.0372. The summed E-state index contributed by atoms with van der Waals surface area (Å²) in [6, 6.07) is 10.8. The second kappa shape index (κ2) is 5.63. The van der Waals surface area contributed by atoms with Gasteiger partial charge in [0.1, 0.15) is 17.3 Å². The molecule has 5 heteroatoms. The smallest absolute Gasteiger partial charge is 0.147 e. The van der Waals surface area contributed by atoms with Gasteiger partial charge in [0, 0.05) is 4.47 Å². The van der Waals surface area contributed by atoms with Gasteiger partial charge in [-0.1, -0.05) is 39.7 Å². The molecule has 0 unspecified atom stereocenters. The zero-order valence-electron chi connectivity index (χ0n) is 10.2. The lowest BCUT2D eigenvalue weighted by Gasteiger charge is -2.14. The van der Waals surface area contributed by atoms with E-state index in [1.807, 2.05) is 25.1 Å². The van der Waals surface area contributed by atoms with E-state index in [4.69, 9.17) is 27.5 Å². The van der Waals surface area contributed by atoms with E-state index in [0.717, 1.165) is 10.0 Å². The first kappa shape index (κ1) is 13.9. The van der Waals surface area contributed by atoms with Crippen LogP contribution in [0.2, 0.25) is 5.02 Å². The Morgan fingerprint density at radius 3 is 2.74 bits per heavy atom. The van der Waals surface area contributed by atoms with Crippen LogP contribution in [0.1, 0.15) is 11.1 Å². The van der Waals surface area contributed by atoms with Gasteiger partial charge in [0.25, 0.3) is 0 Å². The molecule has 0 bridgehead atoms. The van der Waals surface area contributed by atoms with Gasteiger partial charge in [-0.15, -0.1) is 0 Å². The van der Waals surface area contributed by atoms with Crippen molar-refractivity contribution < 1.29 is 4.74 Å². The third-order valence-electron chi connectivity index (χ3n) is 2.61. The van der Waals surface area contributed by atoms with E-state index in [0.29, 0.717) is 22.1 Å². The number of ether oxygens (including phenoxy) is 1. The Kier molecular flexibility index (Phi) is 4.12. The van der Waals surface area contributed by atoms with Gasteiger partial charge in [-0.25, -0.2) is 0 Å². The lowest BCUT2D eigenvalue weighted by molar-refractivity contribution is 0.477. The molecule has 0 atom stereocenters. The van der Waals surface area contributed by atoms with Crippen molar-refractivity contribution in [2.24, 2.45) is 5.73 Å². The zero-order valence-corrected chi connectivity index (χ0v) is 12.5. The Bertz CT molecular complexity index is 643. The van der Waals surface area contributed by atoms with Crippen molar-refractivity contribution >= 4 is 33.4 Å². The van der Waals surface area contributed by atoms with Crippen LogP contribution in [0.15, 0.2) is 40.9 Å². The maximum absolute atomic E-state index is 7.59. The van der Waals surface area contributed by atoms with Crippen LogP contribution in [0.5, 0.6) is 11.5 Å². The topological polar surface area (TPSA) is 59.1 Å². The summed E-state index contributed by atoms with van der Waals surface area (Å²) >= 11 is 9.47. The summed E-state index contributed by atoms with van der Waals surface area (Å²) in [6.07, 6.45) is 0. The maximum Gasteiger partial charge on any atom is 0.147 e. The lowest BCUT2D eigenvalue weighted by Crippen LogP contribution is -2.12. The lowest BCUT2D eigenvalue weighted by atomic mass is 10.1. The van der Waals surface area contributed by atoms with Crippen LogP contribution < -0.4 is 10.5 Å². The number of hydrogen-bond donors (Lipinski definition) is 2. The van der Waals surface area contributed by atoms with Crippen LogP contribution in [0.4, 0.5) is 0 Å². The van der Waals surface area contributed by atoms with Crippen molar-refractivity contribution in [3.8, 4) is 11.5 Å². The number of para-hydroxylation sites is 1. The third-order valence-corrected chi connectivity index (χ3v) is 3.41. The number of amidine groups is 1. The van der Waals surface area contributed by atoms with Gasteiger partial charge in [-0.3, -0.25) is 5.41 Å². The van der Waals surface area contributed by atoms with E-state index in [1.54, 1.807) is 18.2 Å². The first-order valence-corrected chi connectivity index (χ1v) is 6.73. The molecule has 19 heavy (non-hydrogen) atoms. The molecule has 2 aromatic carbocycles. The molecule has 3 nitrogen and oxygen atoms in total. The van der Waals surface area contributed by atoms with E-state index in [1.165, 1.54) is 0 Å². The molecule has 0 aliphatic carbocycles. The molecule has 98 valence electrons. The Hall–Kier alpha value is -1.52. The molecule has 2 aromatic rings. The van der Waals surface area contributed by atoms with Crippen LogP contribution in [0.3, 0.4) is 0 Å². The van der Waals surface area contributed by atoms with Crippen LogP contribution >= 0.6 is 27.5 Å². The number of nitrogens with two attached hydrogens (primary N) is 1. The summed E-state index contributed by atoms with van der Waals surface area (Å²) < 4.78 is 6.70. The van der Waals surface area contributed by atoms with Gasteiger partial charge in [-0.05, 0) is 36.8 Å². The number of nitrogen functional groups attached to an aromatic ring is 1. The predicted molar refractivity (Wildman–Crippen MR) is 81.4 cm³/mol. The molecular formula is C14H12BrClN2O. The molecule has 0 fully saturated rings. The first-order chi connectivity index (χ1) is 8.99. The molecule has 0 radical (unpaired) electrons. The third kappa shape index (κ3) is 3.08. The fourth-order valence-electron chi connectivity index (χ4n) is 1.67. The Morgan fingerprint density at radius 1 is 1.32 bits per heavy atom. The van der Waals surface area contributed by atoms with E-state index in [-0.39, 0.29) is 5.84 Å². The highest BCUT2D eigenvalue weighted by Crippen LogP contribution is 2.35. The first-order valence-electron chi connectivity index (χ1n) is 5.56. The van der Waals surface area contributed by atoms with Gasteiger partial charge in [0.2, 0.25) is 0 Å². The average molecular weight is 340 g/mol. The summed E-state index contributed by atoms with van der Waals surface area (Å²) in [4.78, 5) is 0. The number of rotatable bonds is 3. The molecule has 3 N–H and O–H groups in total. The van der Waals surface area contributed by atoms with Crippen molar-refractivity contribution in [3.05, 3.63) is 57.0 Å². The number of benzene rings is 2. The fourth-order valence-corrected chi connectivity index (χ4v) is 2.16. The molecule has 2 rings (SSSR count). The van der Waals surface area contributed by atoms with Crippen LogP contribution in [-0.4, -0.2) is 5.84 Å². The van der Waals surface area contributed by atoms with Gasteiger partial charge in [0.15, 0.2) is 0 Å². The minimum atomic E-state index is -0.0372. The Labute approximate surface area is 125 Å². The molecule has 0 saturated heterocycles. The highest BCUT2D eigenvalue weighted by molar-refractivity contribution is 9.10. The molecule has 0 saturated carbocycles. The SMILES string of the molecule is Cc1cccc(C(=N)N)c1Oc1cc(Br)ccc1Cl. The monoisotopic (exact) mass is 338 g/mol. The molecule has 0 spiro atoms. The van der Waals surface area contributed by atoms with Crippen molar-refractivity contribution in [1.82, 2.24) is 0 Å². The zero-order chi connectivity index (χ0) is 14.0. The van der Waals surface area contributed by atoms with Gasteiger partial charge in [0.05, 0.1) is 10.6 Å². The second-order valence-electron chi connectivity index (χ2n) is 4.04. The van der Waals surface area contributed by atoms with E-state index in [2.05, 4.69) is 15.9 Å². The minimum Gasteiger partial charge on any atom is -0.455 e. The summed E-state index contributed by atoms with van der Waals surface area (Å²) in [7, 11) is 0. The van der Waals surface area contributed by atoms with Crippen molar-refractivity contribution in [2.75, 3.05) is 0 Å². The quantitative estimate of drug-likeness (QED) is 0.639. The van der Waals surface area contributed by atoms with Crippen LogP contribution in [0.25, 0.3) is 0 Å². The van der Waals surface area contributed by atoms with Crippen molar-refractivity contribution in [3.63, 3.8) is 0 Å². The predicted octanol–water partition coefficient (Wildman–Crippen LogP) is 4.49. The summed E-state index contributed by atoms with van der Waals surface area (Å²) in [5.41, 5.74) is 7.01. The number of nitrogens with one attached hydrogen (secondary N) is 1. The Morgan fingerprint density at radius 2 is 2.05 bits per heavy atom. The molecule has 0 aromatic heterocycles. The van der Waals surface area contributed by atoms with E-state index >= 15 is 0 Å². The number of hydrogen-bond acceptors (Lipinski definition) is 2. The van der Waals surface area contributed by atoms with E-state index < -0.39 is 0 Å². The molecule has 0 aliphatic heterocycles. The molecule has 0 heterocycles. The second-order valence-corrected chi connectivity index (χ2v) is 5.36. The average Bonchev–Trinajstić information content (AvgIpc) is 2.35. The van der Waals surface area contributed by atoms with Gasteiger partial charge >= 0.3 is 0 Å². The van der Waals surface area contributed by atoms with Crippen molar-refractivity contribution in [2.45, 2.75) is 6.92 Å². The normalized spacial score (nSPS) is 10.3. The van der Waals surface area contributed by atoms with Gasteiger partial charge in [-0.2, -0.15) is 0 Å². The standard InChI is InChI=1S/C14H12BrClN2O/c1-8-3-2-4-10(14(17)18)13(8)19-12-7-9(15)5-6-11(12)16/h2-7H,1H3,(H3,17,18). The fraction of sp³-hybridized carbons (Fsp3) is 0.0714. The molecule has 0 aliphatic rings. The highest BCUT2D eigenvalue weighted by atomic mass is 79.9. The summed E-state index contributed by atoms with van der Waals surface area (Å²) in [6.45, 7) is 1.90. The summed E-state index contributed by atoms with van der Waals surface area (Å²) in [5.74, 6) is 1.03. The maximum atomic E-state index is 7.59. The Balaban J connectivity index is 2.49.